The van der Waals surface area contributed by atoms with Gasteiger partial charge in [0.15, 0.2) is 0 Å². The molecule has 2 aliphatic rings. The number of rotatable bonds is 1. The van der Waals surface area contributed by atoms with E-state index in [0.29, 0.717) is 23.8 Å². The molecule has 1 N–H and O–H groups in total. The third-order valence-electron chi connectivity index (χ3n) is 2.92. The maximum Gasteiger partial charge on any atom is 0.355 e. The Labute approximate surface area is 109 Å². The first-order valence-corrected chi connectivity index (χ1v) is 6.08. The van der Waals surface area contributed by atoms with Gasteiger partial charge in [-0.3, -0.25) is 4.99 Å². The summed E-state index contributed by atoms with van der Waals surface area (Å²) in [5.41, 5.74) is 3.06. The van der Waals surface area contributed by atoms with Crippen LogP contribution in [0.15, 0.2) is 40.5 Å². The standard InChI is InChI=1S/C13H11ClN2O2/c14-9-3-1-2-8(6-9)11-10-7-18-13(17)12(10)16-5-4-15-11/h1-3,6,16H,4-5,7H2. The van der Waals surface area contributed by atoms with Gasteiger partial charge in [0.2, 0.25) is 0 Å². The monoisotopic (exact) mass is 262 g/mol. The lowest BCUT2D eigenvalue weighted by molar-refractivity contribution is -0.136. The van der Waals surface area contributed by atoms with Crippen molar-refractivity contribution in [1.29, 1.82) is 0 Å². The molecule has 2 heterocycles. The Morgan fingerprint density at radius 2 is 2.28 bits per heavy atom. The first-order valence-electron chi connectivity index (χ1n) is 5.70. The normalized spacial score (nSPS) is 18.7. The number of halogens is 1. The average molecular weight is 263 g/mol. The van der Waals surface area contributed by atoms with Crippen LogP contribution in [-0.2, 0) is 9.53 Å². The minimum Gasteiger partial charge on any atom is -0.456 e. The summed E-state index contributed by atoms with van der Waals surface area (Å²) in [5, 5.41) is 3.72. The molecule has 5 heteroatoms. The molecule has 1 aromatic carbocycles. The number of benzene rings is 1. The largest absolute Gasteiger partial charge is 0.456 e. The van der Waals surface area contributed by atoms with Gasteiger partial charge < -0.3 is 10.1 Å². The zero-order valence-electron chi connectivity index (χ0n) is 9.57. The van der Waals surface area contributed by atoms with Crippen LogP contribution in [0.5, 0.6) is 0 Å². The van der Waals surface area contributed by atoms with Crippen molar-refractivity contribution in [3.63, 3.8) is 0 Å². The van der Waals surface area contributed by atoms with Crippen molar-refractivity contribution in [2.75, 3.05) is 19.7 Å². The highest BCUT2D eigenvalue weighted by molar-refractivity contribution is 6.31. The minimum absolute atomic E-state index is 0.270. The van der Waals surface area contributed by atoms with Crippen LogP contribution in [0, 0.1) is 0 Å². The van der Waals surface area contributed by atoms with Crippen molar-refractivity contribution >= 4 is 23.3 Å². The average Bonchev–Trinajstić information content (AvgIpc) is 2.61. The van der Waals surface area contributed by atoms with Gasteiger partial charge >= 0.3 is 5.97 Å². The van der Waals surface area contributed by atoms with Gasteiger partial charge in [0, 0.05) is 22.7 Å². The summed E-state index contributed by atoms with van der Waals surface area (Å²) in [6.45, 7) is 1.53. The predicted octanol–water partition coefficient (Wildman–Crippen LogP) is 1.54. The molecule has 0 radical (unpaired) electrons. The van der Waals surface area contributed by atoms with Crippen molar-refractivity contribution < 1.29 is 9.53 Å². The minimum atomic E-state index is -0.304. The predicted molar refractivity (Wildman–Crippen MR) is 68.8 cm³/mol. The van der Waals surface area contributed by atoms with E-state index < -0.39 is 0 Å². The highest BCUT2D eigenvalue weighted by Crippen LogP contribution is 2.22. The van der Waals surface area contributed by atoms with E-state index in [0.717, 1.165) is 16.8 Å². The second kappa shape index (κ2) is 4.46. The number of hydrogen-bond donors (Lipinski definition) is 1. The Kier molecular flexibility index (Phi) is 2.80. The fraction of sp³-hybridized carbons (Fsp3) is 0.231. The van der Waals surface area contributed by atoms with Crippen molar-refractivity contribution in [1.82, 2.24) is 5.32 Å². The molecule has 0 amide bonds. The number of nitrogens with one attached hydrogen (secondary N) is 1. The van der Waals surface area contributed by atoms with Crippen LogP contribution in [-0.4, -0.2) is 31.4 Å². The molecule has 2 aliphatic heterocycles. The number of hydrogen-bond acceptors (Lipinski definition) is 4. The summed E-state index contributed by atoms with van der Waals surface area (Å²) in [5.74, 6) is -0.304. The zero-order chi connectivity index (χ0) is 12.5. The molecule has 0 atom stereocenters. The highest BCUT2D eigenvalue weighted by Gasteiger charge is 2.29. The van der Waals surface area contributed by atoms with E-state index in [2.05, 4.69) is 10.3 Å². The number of cyclic esters (lactones) is 1. The molecule has 0 bridgehead atoms. The van der Waals surface area contributed by atoms with Gasteiger partial charge in [-0.25, -0.2) is 4.79 Å². The summed E-state index contributed by atoms with van der Waals surface area (Å²) in [4.78, 5) is 16.1. The lowest BCUT2D eigenvalue weighted by Crippen LogP contribution is -2.21. The number of aliphatic imine (C=N–C) groups is 1. The third kappa shape index (κ3) is 1.88. The number of nitrogens with zero attached hydrogens (tertiary/aromatic N) is 1. The van der Waals surface area contributed by atoms with E-state index in [9.17, 15) is 4.79 Å². The van der Waals surface area contributed by atoms with Crippen LogP contribution in [0.2, 0.25) is 5.02 Å². The van der Waals surface area contributed by atoms with Crippen LogP contribution in [0.25, 0.3) is 0 Å². The SMILES string of the molecule is O=C1OCC2=C1NCCN=C2c1cccc(Cl)c1. The smallest absolute Gasteiger partial charge is 0.355 e. The van der Waals surface area contributed by atoms with Gasteiger partial charge in [-0.05, 0) is 12.1 Å². The van der Waals surface area contributed by atoms with Gasteiger partial charge in [-0.2, -0.15) is 0 Å². The Morgan fingerprint density at radius 3 is 3.11 bits per heavy atom. The van der Waals surface area contributed by atoms with E-state index in [1.165, 1.54) is 0 Å². The lowest BCUT2D eigenvalue weighted by Gasteiger charge is -2.06. The molecule has 0 fully saturated rings. The first-order chi connectivity index (χ1) is 8.75. The van der Waals surface area contributed by atoms with Gasteiger partial charge in [0.05, 0.1) is 12.3 Å². The van der Waals surface area contributed by atoms with Crippen LogP contribution in [0.3, 0.4) is 0 Å². The van der Waals surface area contributed by atoms with Crippen LogP contribution >= 0.6 is 11.6 Å². The van der Waals surface area contributed by atoms with Gasteiger partial charge in [-0.1, -0.05) is 23.7 Å². The molecule has 3 rings (SSSR count). The Morgan fingerprint density at radius 1 is 1.39 bits per heavy atom. The van der Waals surface area contributed by atoms with E-state index in [1.807, 2.05) is 24.3 Å². The molecule has 92 valence electrons. The van der Waals surface area contributed by atoms with Gasteiger partial charge in [-0.15, -0.1) is 0 Å². The molecule has 1 aromatic rings. The second-order valence-corrected chi connectivity index (χ2v) is 4.53. The molecule has 0 aliphatic carbocycles. The number of carbonyl (C=O) groups is 1. The molecule has 0 spiro atoms. The fourth-order valence-electron chi connectivity index (χ4n) is 2.12. The van der Waals surface area contributed by atoms with Crippen LogP contribution in [0.4, 0.5) is 0 Å². The summed E-state index contributed by atoms with van der Waals surface area (Å²) in [6.07, 6.45) is 0. The number of ether oxygens (including phenoxy) is 1. The van der Waals surface area contributed by atoms with Crippen molar-refractivity contribution in [2.45, 2.75) is 0 Å². The van der Waals surface area contributed by atoms with Gasteiger partial charge in [0.25, 0.3) is 0 Å². The topological polar surface area (TPSA) is 50.7 Å². The van der Waals surface area contributed by atoms with E-state index in [4.69, 9.17) is 16.3 Å². The lowest BCUT2D eigenvalue weighted by atomic mass is 10.0. The number of carbonyl (C=O) groups excluding carboxylic acids is 1. The molecule has 0 saturated heterocycles. The van der Waals surface area contributed by atoms with E-state index in [1.54, 1.807) is 0 Å². The quantitative estimate of drug-likeness (QED) is 0.781. The van der Waals surface area contributed by atoms with Crippen molar-refractivity contribution in [2.24, 2.45) is 4.99 Å². The van der Waals surface area contributed by atoms with Crippen molar-refractivity contribution in [3.8, 4) is 0 Å². The fourth-order valence-corrected chi connectivity index (χ4v) is 2.31. The summed E-state index contributed by atoms with van der Waals surface area (Å²) in [7, 11) is 0. The Balaban J connectivity index is 2.09. The first kappa shape index (κ1) is 11.3. The van der Waals surface area contributed by atoms with E-state index >= 15 is 0 Å². The third-order valence-corrected chi connectivity index (χ3v) is 3.16. The summed E-state index contributed by atoms with van der Waals surface area (Å²) in [6, 6.07) is 7.46. The molecule has 18 heavy (non-hydrogen) atoms. The maximum atomic E-state index is 11.6. The maximum absolute atomic E-state index is 11.6. The molecule has 0 aromatic heterocycles. The second-order valence-electron chi connectivity index (χ2n) is 4.10. The van der Waals surface area contributed by atoms with Crippen LogP contribution < -0.4 is 5.32 Å². The Hall–Kier alpha value is -1.81. The molecular formula is C13H11ClN2O2. The Bertz CT molecular complexity index is 578. The molecule has 0 unspecified atom stereocenters. The zero-order valence-corrected chi connectivity index (χ0v) is 10.3. The molecule has 0 saturated carbocycles. The van der Waals surface area contributed by atoms with Crippen molar-refractivity contribution in [3.05, 3.63) is 46.1 Å². The summed E-state index contributed by atoms with van der Waals surface area (Å²) >= 11 is 5.99. The number of esters is 1. The van der Waals surface area contributed by atoms with Gasteiger partial charge in [0.1, 0.15) is 12.3 Å². The summed E-state index contributed by atoms with van der Waals surface area (Å²) < 4.78 is 5.05. The van der Waals surface area contributed by atoms with E-state index in [-0.39, 0.29) is 12.6 Å². The molecular weight excluding hydrogens is 252 g/mol. The van der Waals surface area contributed by atoms with Crippen LogP contribution in [0.1, 0.15) is 5.56 Å². The molecule has 4 nitrogen and oxygen atoms in total. The highest BCUT2D eigenvalue weighted by atomic mass is 35.5.